The van der Waals surface area contributed by atoms with Gasteiger partial charge in [-0.1, -0.05) is 19.1 Å². The third-order valence-electron chi connectivity index (χ3n) is 3.92. The average Bonchev–Trinajstić information content (AvgIpc) is 2.79. The number of rotatable bonds is 4. The van der Waals surface area contributed by atoms with Gasteiger partial charge in [0, 0.05) is 18.2 Å². The van der Waals surface area contributed by atoms with Crippen LogP contribution in [0.25, 0.3) is 0 Å². The van der Waals surface area contributed by atoms with Gasteiger partial charge in [0.05, 0.1) is 6.61 Å². The fourth-order valence-electron chi connectivity index (χ4n) is 2.66. The summed E-state index contributed by atoms with van der Waals surface area (Å²) in [5.41, 5.74) is 3.81. The number of hydrogen-bond acceptors (Lipinski definition) is 4. The second kappa shape index (κ2) is 6.14. The maximum Gasteiger partial charge on any atom is 0.265 e. The third-order valence-corrected chi connectivity index (χ3v) is 3.92. The van der Waals surface area contributed by atoms with E-state index in [-0.39, 0.29) is 18.6 Å². The molecule has 0 radical (unpaired) electrons. The predicted molar refractivity (Wildman–Crippen MR) is 73.2 cm³/mol. The van der Waals surface area contributed by atoms with Crippen LogP contribution in [0.15, 0.2) is 24.3 Å². The minimum Gasteiger partial charge on any atom is -0.395 e. The summed E-state index contributed by atoms with van der Waals surface area (Å²) in [6, 6.07) is 7.65. The lowest BCUT2D eigenvalue weighted by atomic mass is 10.0. The van der Waals surface area contributed by atoms with Crippen LogP contribution in [0.1, 0.15) is 29.3 Å². The van der Waals surface area contributed by atoms with Crippen molar-refractivity contribution in [3.05, 3.63) is 35.4 Å². The number of carbonyl (C=O) groups excluding carboxylic acids is 1. The molecule has 19 heavy (non-hydrogen) atoms. The Morgan fingerprint density at radius 3 is 2.74 bits per heavy atom. The van der Waals surface area contributed by atoms with Gasteiger partial charge in [-0.05, 0) is 36.6 Å². The van der Waals surface area contributed by atoms with Gasteiger partial charge >= 0.3 is 0 Å². The summed E-state index contributed by atoms with van der Waals surface area (Å²) in [4.78, 5) is 13.6. The summed E-state index contributed by atoms with van der Waals surface area (Å²) in [6.07, 6.45) is 1.12. The first-order chi connectivity index (χ1) is 9.15. The Morgan fingerprint density at radius 2 is 2.16 bits per heavy atom. The highest BCUT2D eigenvalue weighted by Crippen LogP contribution is 2.25. The first-order valence-electron chi connectivity index (χ1n) is 6.60. The smallest absolute Gasteiger partial charge is 0.265 e. The number of aliphatic hydroxyl groups excluding tert-OH is 1. The minimum atomic E-state index is -0.283. The van der Waals surface area contributed by atoms with Crippen molar-refractivity contribution < 1.29 is 9.90 Å². The number of amides is 1. The van der Waals surface area contributed by atoms with E-state index in [0.717, 1.165) is 25.1 Å². The van der Waals surface area contributed by atoms with E-state index in [9.17, 15) is 9.90 Å². The third kappa shape index (κ3) is 3.12. The Morgan fingerprint density at radius 1 is 1.47 bits per heavy atom. The van der Waals surface area contributed by atoms with E-state index < -0.39 is 0 Å². The van der Waals surface area contributed by atoms with E-state index in [1.807, 2.05) is 12.1 Å². The molecule has 1 aliphatic rings. The van der Waals surface area contributed by atoms with Crippen LogP contribution < -0.4 is 11.3 Å². The quantitative estimate of drug-likeness (QED) is 0.420. The van der Waals surface area contributed by atoms with Gasteiger partial charge in [0.2, 0.25) is 0 Å². The van der Waals surface area contributed by atoms with Crippen LogP contribution in [-0.4, -0.2) is 35.1 Å². The minimum absolute atomic E-state index is 0.203. The van der Waals surface area contributed by atoms with Crippen LogP contribution in [0.5, 0.6) is 0 Å². The normalized spacial score (nSPS) is 23.5. The van der Waals surface area contributed by atoms with Crippen molar-refractivity contribution in [2.45, 2.75) is 25.9 Å². The highest BCUT2D eigenvalue weighted by Gasteiger charge is 2.30. The molecule has 0 spiro atoms. The van der Waals surface area contributed by atoms with Crippen LogP contribution in [0.4, 0.5) is 0 Å². The van der Waals surface area contributed by atoms with Crippen LogP contribution in [0.2, 0.25) is 0 Å². The van der Waals surface area contributed by atoms with Crippen LogP contribution >= 0.6 is 0 Å². The zero-order chi connectivity index (χ0) is 13.8. The summed E-state index contributed by atoms with van der Waals surface area (Å²) >= 11 is 0. The van der Waals surface area contributed by atoms with E-state index in [1.165, 1.54) is 0 Å². The highest BCUT2D eigenvalue weighted by atomic mass is 16.3. The number of hydrazine groups is 1. The SMILES string of the molecule is CC1CCN(Cc2ccc(C(=O)NN)cc2)C1CO. The number of aliphatic hydroxyl groups is 1. The predicted octanol–water partition coefficient (Wildman–Crippen LogP) is 0.493. The standard InChI is InChI=1S/C14H21N3O2/c1-10-6-7-17(13(10)9-18)8-11-2-4-12(5-3-11)14(19)16-15/h2-5,10,13,18H,6-9,15H2,1H3,(H,16,19). The lowest BCUT2D eigenvalue weighted by Crippen LogP contribution is -2.34. The van der Waals surface area contributed by atoms with Gasteiger partial charge in [-0.25, -0.2) is 5.84 Å². The number of nitrogen functional groups attached to an aromatic ring is 1. The topological polar surface area (TPSA) is 78.6 Å². The number of benzene rings is 1. The molecule has 1 fully saturated rings. The zero-order valence-corrected chi connectivity index (χ0v) is 11.2. The molecule has 5 heteroatoms. The van der Waals surface area contributed by atoms with E-state index >= 15 is 0 Å². The summed E-state index contributed by atoms with van der Waals surface area (Å²) in [5.74, 6) is 5.34. The second-order valence-electron chi connectivity index (χ2n) is 5.16. The molecule has 104 valence electrons. The molecule has 0 saturated carbocycles. The first kappa shape index (κ1) is 14.0. The van der Waals surface area contributed by atoms with Gasteiger partial charge in [0.25, 0.3) is 5.91 Å². The largest absolute Gasteiger partial charge is 0.395 e. The molecular formula is C14H21N3O2. The molecule has 4 N–H and O–H groups in total. The molecule has 5 nitrogen and oxygen atoms in total. The molecule has 0 aliphatic carbocycles. The van der Waals surface area contributed by atoms with Gasteiger partial charge in [-0.3, -0.25) is 15.1 Å². The van der Waals surface area contributed by atoms with Gasteiger partial charge in [-0.2, -0.15) is 0 Å². The van der Waals surface area contributed by atoms with Crippen molar-refractivity contribution in [3.63, 3.8) is 0 Å². The number of likely N-dealkylation sites (tertiary alicyclic amines) is 1. The van der Waals surface area contributed by atoms with E-state index in [2.05, 4.69) is 17.2 Å². The fourth-order valence-corrected chi connectivity index (χ4v) is 2.66. The molecule has 1 amide bonds. The molecule has 0 bridgehead atoms. The number of nitrogens with one attached hydrogen (secondary N) is 1. The van der Waals surface area contributed by atoms with Gasteiger partial charge in [0.15, 0.2) is 0 Å². The molecule has 0 aromatic heterocycles. The summed E-state index contributed by atoms with van der Waals surface area (Å²) in [5, 5.41) is 9.43. The van der Waals surface area contributed by atoms with Gasteiger partial charge in [-0.15, -0.1) is 0 Å². The first-order valence-corrected chi connectivity index (χ1v) is 6.60. The van der Waals surface area contributed by atoms with Crippen molar-refractivity contribution in [1.82, 2.24) is 10.3 Å². The number of nitrogens with zero attached hydrogens (tertiary/aromatic N) is 1. The molecule has 1 aromatic carbocycles. The van der Waals surface area contributed by atoms with Gasteiger partial charge < -0.3 is 5.11 Å². The average molecular weight is 263 g/mol. The summed E-state index contributed by atoms with van der Waals surface area (Å²) < 4.78 is 0. The molecule has 2 rings (SSSR count). The lowest BCUT2D eigenvalue weighted by Gasteiger charge is -2.25. The van der Waals surface area contributed by atoms with Crippen molar-refractivity contribution in [3.8, 4) is 0 Å². The van der Waals surface area contributed by atoms with Crippen molar-refractivity contribution in [2.75, 3.05) is 13.2 Å². The summed E-state index contributed by atoms with van der Waals surface area (Å²) in [7, 11) is 0. The number of hydrogen-bond donors (Lipinski definition) is 3. The Labute approximate surface area is 113 Å². The number of carbonyl (C=O) groups is 1. The Hall–Kier alpha value is -1.43. The Kier molecular flexibility index (Phi) is 4.52. The maximum absolute atomic E-state index is 11.3. The molecule has 1 saturated heterocycles. The van der Waals surface area contributed by atoms with Gasteiger partial charge in [0.1, 0.15) is 0 Å². The number of nitrogens with two attached hydrogens (primary N) is 1. The van der Waals surface area contributed by atoms with Crippen molar-refractivity contribution in [2.24, 2.45) is 11.8 Å². The molecule has 2 unspecified atom stereocenters. The Balaban J connectivity index is 2.02. The maximum atomic E-state index is 11.3. The lowest BCUT2D eigenvalue weighted by molar-refractivity contribution is 0.0953. The van der Waals surface area contributed by atoms with E-state index in [4.69, 9.17) is 5.84 Å². The molecule has 1 aliphatic heterocycles. The van der Waals surface area contributed by atoms with Crippen LogP contribution in [0, 0.1) is 5.92 Å². The summed E-state index contributed by atoms with van der Waals surface area (Å²) in [6.45, 7) is 4.20. The fraction of sp³-hybridized carbons (Fsp3) is 0.500. The van der Waals surface area contributed by atoms with Crippen molar-refractivity contribution >= 4 is 5.91 Å². The highest BCUT2D eigenvalue weighted by molar-refractivity contribution is 5.93. The monoisotopic (exact) mass is 263 g/mol. The second-order valence-corrected chi connectivity index (χ2v) is 5.16. The molecular weight excluding hydrogens is 242 g/mol. The van der Waals surface area contributed by atoms with E-state index in [1.54, 1.807) is 12.1 Å². The molecule has 1 aromatic rings. The van der Waals surface area contributed by atoms with Crippen molar-refractivity contribution in [1.29, 1.82) is 0 Å². The van der Waals surface area contributed by atoms with Crippen LogP contribution in [-0.2, 0) is 6.54 Å². The Bertz CT molecular complexity index is 433. The van der Waals surface area contributed by atoms with E-state index in [0.29, 0.717) is 11.5 Å². The van der Waals surface area contributed by atoms with Crippen LogP contribution in [0.3, 0.4) is 0 Å². The molecule has 1 heterocycles. The zero-order valence-electron chi connectivity index (χ0n) is 11.2. The molecule has 2 atom stereocenters.